The van der Waals surface area contributed by atoms with E-state index in [2.05, 4.69) is 78.1 Å². The molecule has 7 aromatic rings. The Morgan fingerprint density at radius 3 is 2.19 bits per heavy atom. The van der Waals surface area contributed by atoms with E-state index in [-0.39, 0.29) is 0 Å². The number of fused-ring (bicyclic) bond motifs is 8. The third-order valence-electron chi connectivity index (χ3n) is 6.05. The summed E-state index contributed by atoms with van der Waals surface area (Å²) in [5.74, 6) is 0. The van der Waals surface area contributed by atoms with Crippen molar-refractivity contribution in [3.63, 3.8) is 0 Å². The number of rotatable bonds is 2. The standard InChI is InChI=1S/C28H17NO2/c1-2-7-19-17(6-1)12-14-23-22-9-5-10-24(28(22)31-27(19)23)29-18-13-15-21-20-8-3-4-11-25(20)30-26(21)16-18/h1-16,29H. The summed E-state index contributed by atoms with van der Waals surface area (Å²) >= 11 is 0. The molecular formula is C28H17NO2. The predicted octanol–water partition coefficient (Wildman–Crippen LogP) is 8.38. The molecule has 0 bridgehead atoms. The van der Waals surface area contributed by atoms with Crippen LogP contribution in [-0.2, 0) is 0 Å². The van der Waals surface area contributed by atoms with Crippen molar-refractivity contribution in [2.75, 3.05) is 5.32 Å². The van der Waals surface area contributed by atoms with Gasteiger partial charge in [0.05, 0.1) is 5.69 Å². The van der Waals surface area contributed by atoms with Crippen LogP contribution in [0.15, 0.2) is 106 Å². The molecule has 0 saturated carbocycles. The molecule has 0 unspecified atom stereocenters. The maximum atomic E-state index is 6.42. The molecule has 31 heavy (non-hydrogen) atoms. The van der Waals surface area contributed by atoms with E-state index in [4.69, 9.17) is 8.83 Å². The van der Waals surface area contributed by atoms with Gasteiger partial charge >= 0.3 is 0 Å². The monoisotopic (exact) mass is 399 g/mol. The Balaban J connectivity index is 1.40. The van der Waals surface area contributed by atoms with Crippen LogP contribution in [0.4, 0.5) is 11.4 Å². The molecule has 5 aromatic carbocycles. The first-order valence-electron chi connectivity index (χ1n) is 10.4. The number of hydrogen-bond donors (Lipinski definition) is 1. The third-order valence-corrected chi connectivity index (χ3v) is 6.05. The Hall–Kier alpha value is -4.24. The summed E-state index contributed by atoms with van der Waals surface area (Å²) in [6.45, 7) is 0. The average Bonchev–Trinajstić information content (AvgIpc) is 3.38. The van der Waals surface area contributed by atoms with Crippen molar-refractivity contribution >= 4 is 66.0 Å². The fourth-order valence-electron chi connectivity index (χ4n) is 4.58. The summed E-state index contributed by atoms with van der Waals surface area (Å²) in [6.07, 6.45) is 0. The molecular weight excluding hydrogens is 382 g/mol. The Bertz CT molecular complexity index is 1770. The maximum absolute atomic E-state index is 6.42. The van der Waals surface area contributed by atoms with E-state index in [9.17, 15) is 0 Å². The van der Waals surface area contributed by atoms with Crippen molar-refractivity contribution in [1.29, 1.82) is 0 Å². The maximum Gasteiger partial charge on any atom is 0.158 e. The molecule has 0 radical (unpaired) electrons. The zero-order valence-electron chi connectivity index (χ0n) is 16.6. The van der Waals surface area contributed by atoms with Crippen LogP contribution in [0.5, 0.6) is 0 Å². The van der Waals surface area contributed by atoms with Gasteiger partial charge in [0, 0.05) is 38.7 Å². The van der Waals surface area contributed by atoms with Gasteiger partial charge in [-0.2, -0.15) is 0 Å². The summed E-state index contributed by atoms with van der Waals surface area (Å²) in [6, 6.07) is 33.2. The Kier molecular flexibility index (Phi) is 3.27. The van der Waals surface area contributed by atoms with Gasteiger partial charge in [-0.05, 0) is 35.7 Å². The van der Waals surface area contributed by atoms with Crippen LogP contribution in [0.3, 0.4) is 0 Å². The van der Waals surface area contributed by atoms with Crippen LogP contribution in [0, 0.1) is 0 Å². The van der Waals surface area contributed by atoms with E-state index in [1.165, 1.54) is 5.39 Å². The highest BCUT2D eigenvalue weighted by molar-refractivity contribution is 6.17. The van der Waals surface area contributed by atoms with Gasteiger partial charge < -0.3 is 14.2 Å². The largest absolute Gasteiger partial charge is 0.456 e. The molecule has 0 fully saturated rings. The summed E-state index contributed by atoms with van der Waals surface area (Å²) in [5, 5.41) is 10.3. The molecule has 0 aliphatic carbocycles. The highest BCUT2D eigenvalue weighted by atomic mass is 16.3. The Morgan fingerprint density at radius 1 is 0.484 bits per heavy atom. The second-order valence-corrected chi connectivity index (χ2v) is 7.88. The smallest absolute Gasteiger partial charge is 0.158 e. The minimum atomic E-state index is 0.860. The zero-order valence-corrected chi connectivity index (χ0v) is 16.6. The van der Waals surface area contributed by atoms with Gasteiger partial charge in [0.1, 0.15) is 16.7 Å². The molecule has 0 aliphatic heterocycles. The molecule has 2 heterocycles. The quantitative estimate of drug-likeness (QED) is 0.317. The second-order valence-electron chi connectivity index (χ2n) is 7.88. The van der Waals surface area contributed by atoms with E-state index in [0.717, 1.165) is 60.6 Å². The van der Waals surface area contributed by atoms with Gasteiger partial charge in [-0.15, -0.1) is 0 Å². The minimum Gasteiger partial charge on any atom is -0.456 e. The van der Waals surface area contributed by atoms with Crippen molar-refractivity contribution in [1.82, 2.24) is 0 Å². The fourth-order valence-corrected chi connectivity index (χ4v) is 4.58. The summed E-state index contributed by atoms with van der Waals surface area (Å²) in [7, 11) is 0. The SMILES string of the molecule is c1ccc2c(c1)ccc1c3cccc(Nc4ccc5c(c4)oc4ccccc45)c3oc21. The van der Waals surface area contributed by atoms with Gasteiger partial charge in [-0.1, -0.05) is 60.7 Å². The van der Waals surface area contributed by atoms with Crippen LogP contribution >= 0.6 is 0 Å². The molecule has 0 spiro atoms. The number of benzene rings is 5. The number of furan rings is 2. The average molecular weight is 399 g/mol. The Morgan fingerprint density at radius 2 is 1.23 bits per heavy atom. The van der Waals surface area contributed by atoms with Crippen LogP contribution in [0.2, 0.25) is 0 Å². The molecule has 0 atom stereocenters. The lowest BCUT2D eigenvalue weighted by Gasteiger charge is -2.06. The van der Waals surface area contributed by atoms with E-state index >= 15 is 0 Å². The first-order chi connectivity index (χ1) is 15.3. The number of para-hydroxylation sites is 2. The molecule has 2 aromatic heterocycles. The van der Waals surface area contributed by atoms with Gasteiger partial charge in [0.15, 0.2) is 5.58 Å². The minimum absolute atomic E-state index is 0.860. The Labute approximate surface area is 177 Å². The molecule has 1 N–H and O–H groups in total. The number of anilines is 2. The van der Waals surface area contributed by atoms with Crippen molar-refractivity contribution in [3.05, 3.63) is 97.1 Å². The third kappa shape index (κ3) is 2.41. The number of hydrogen-bond acceptors (Lipinski definition) is 3. The van der Waals surface area contributed by atoms with Gasteiger partial charge in [-0.3, -0.25) is 0 Å². The van der Waals surface area contributed by atoms with E-state index in [0.29, 0.717) is 0 Å². The lowest BCUT2D eigenvalue weighted by molar-refractivity contribution is 0.669. The van der Waals surface area contributed by atoms with Crippen molar-refractivity contribution in [2.45, 2.75) is 0 Å². The van der Waals surface area contributed by atoms with Crippen molar-refractivity contribution < 1.29 is 8.83 Å². The molecule has 146 valence electrons. The highest BCUT2D eigenvalue weighted by Gasteiger charge is 2.14. The molecule has 0 amide bonds. The van der Waals surface area contributed by atoms with Crippen LogP contribution in [0.25, 0.3) is 54.6 Å². The molecule has 0 aliphatic rings. The lowest BCUT2D eigenvalue weighted by Crippen LogP contribution is -1.90. The van der Waals surface area contributed by atoms with E-state index < -0.39 is 0 Å². The topological polar surface area (TPSA) is 38.3 Å². The summed E-state index contributed by atoms with van der Waals surface area (Å²) < 4.78 is 12.5. The first kappa shape index (κ1) is 16.5. The second kappa shape index (κ2) is 6.13. The lowest BCUT2D eigenvalue weighted by atomic mass is 10.1. The summed E-state index contributed by atoms with van der Waals surface area (Å²) in [4.78, 5) is 0. The fraction of sp³-hybridized carbons (Fsp3) is 0. The predicted molar refractivity (Wildman–Crippen MR) is 128 cm³/mol. The van der Waals surface area contributed by atoms with E-state index in [1.807, 2.05) is 24.3 Å². The van der Waals surface area contributed by atoms with Gasteiger partial charge in [-0.25, -0.2) is 0 Å². The normalized spacial score (nSPS) is 11.9. The van der Waals surface area contributed by atoms with Crippen LogP contribution < -0.4 is 5.32 Å². The van der Waals surface area contributed by atoms with Gasteiger partial charge in [0.2, 0.25) is 0 Å². The van der Waals surface area contributed by atoms with Crippen molar-refractivity contribution in [3.8, 4) is 0 Å². The van der Waals surface area contributed by atoms with Gasteiger partial charge in [0.25, 0.3) is 0 Å². The van der Waals surface area contributed by atoms with E-state index in [1.54, 1.807) is 0 Å². The first-order valence-corrected chi connectivity index (χ1v) is 10.4. The molecule has 0 saturated heterocycles. The molecule has 7 rings (SSSR count). The van der Waals surface area contributed by atoms with Crippen LogP contribution in [0.1, 0.15) is 0 Å². The van der Waals surface area contributed by atoms with Crippen molar-refractivity contribution in [2.24, 2.45) is 0 Å². The summed E-state index contributed by atoms with van der Waals surface area (Å²) in [5.41, 5.74) is 5.46. The number of nitrogens with one attached hydrogen (secondary N) is 1. The molecule has 3 nitrogen and oxygen atoms in total. The van der Waals surface area contributed by atoms with Crippen LogP contribution in [-0.4, -0.2) is 0 Å². The zero-order chi connectivity index (χ0) is 20.4. The molecule has 3 heteroatoms. The highest BCUT2D eigenvalue weighted by Crippen LogP contribution is 2.38.